The van der Waals surface area contributed by atoms with Crippen molar-refractivity contribution in [3.63, 3.8) is 0 Å². The third-order valence-corrected chi connectivity index (χ3v) is 3.99. The van der Waals surface area contributed by atoms with Gasteiger partial charge in [-0.25, -0.2) is 13.9 Å². The largest absolute Gasteiger partial charge is 0.478 e. The lowest BCUT2D eigenvalue weighted by molar-refractivity contribution is -0.122. The molecule has 3 aromatic rings. The van der Waals surface area contributed by atoms with Gasteiger partial charge in [-0.15, -0.1) is 0 Å². The fourth-order valence-electron chi connectivity index (χ4n) is 2.49. The number of rotatable bonds is 6. The summed E-state index contributed by atoms with van der Waals surface area (Å²) in [5, 5.41) is 15.7. The molecular weight excluding hydrogens is 365 g/mol. The minimum atomic E-state index is -1.03. The van der Waals surface area contributed by atoms with Gasteiger partial charge in [-0.05, 0) is 48.0 Å². The van der Waals surface area contributed by atoms with E-state index < -0.39 is 17.4 Å². The highest BCUT2D eigenvalue weighted by atomic mass is 19.1. The highest BCUT2D eigenvalue weighted by Crippen LogP contribution is 2.15. The molecule has 0 fully saturated rings. The maximum Gasteiger partial charge on any atom is 0.335 e. The SMILES string of the molecule is O=C(Cn1nc(-c2ccc(F)cc2)ccc1=O)NCc1ccc(C(=O)O)cc1. The van der Waals surface area contributed by atoms with Crippen molar-refractivity contribution in [3.05, 3.63) is 88.0 Å². The van der Waals surface area contributed by atoms with Gasteiger partial charge in [0.2, 0.25) is 5.91 Å². The zero-order valence-electron chi connectivity index (χ0n) is 14.6. The van der Waals surface area contributed by atoms with Gasteiger partial charge in [0.25, 0.3) is 5.56 Å². The molecule has 0 radical (unpaired) electrons. The van der Waals surface area contributed by atoms with Crippen LogP contribution in [0.15, 0.2) is 65.5 Å². The van der Waals surface area contributed by atoms with Crippen LogP contribution in [0.25, 0.3) is 11.3 Å². The van der Waals surface area contributed by atoms with Crippen LogP contribution in [0.3, 0.4) is 0 Å². The number of aromatic carboxylic acids is 1. The molecule has 142 valence electrons. The number of aromatic nitrogens is 2. The average molecular weight is 381 g/mol. The molecule has 1 heterocycles. The number of hydrogen-bond donors (Lipinski definition) is 2. The van der Waals surface area contributed by atoms with E-state index in [-0.39, 0.29) is 24.5 Å². The fraction of sp³-hybridized carbons (Fsp3) is 0.100. The number of hydrogen-bond acceptors (Lipinski definition) is 4. The first-order chi connectivity index (χ1) is 13.4. The minimum Gasteiger partial charge on any atom is -0.478 e. The summed E-state index contributed by atoms with van der Waals surface area (Å²) < 4.78 is 14.1. The lowest BCUT2D eigenvalue weighted by atomic mass is 10.1. The van der Waals surface area contributed by atoms with Crippen molar-refractivity contribution in [1.82, 2.24) is 15.1 Å². The fourth-order valence-corrected chi connectivity index (χ4v) is 2.49. The number of nitrogens with one attached hydrogen (secondary N) is 1. The van der Waals surface area contributed by atoms with Gasteiger partial charge in [-0.2, -0.15) is 5.10 Å². The Morgan fingerprint density at radius 3 is 2.32 bits per heavy atom. The van der Waals surface area contributed by atoms with Crippen LogP contribution in [0.5, 0.6) is 0 Å². The van der Waals surface area contributed by atoms with Crippen LogP contribution in [0, 0.1) is 5.82 Å². The van der Waals surface area contributed by atoms with Gasteiger partial charge in [-0.1, -0.05) is 12.1 Å². The van der Waals surface area contributed by atoms with Crippen LogP contribution < -0.4 is 10.9 Å². The van der Waals surface area contributed by atoms with Crippen molar-refractivity contribution in [2.75, 3.05) is 0 Å². The first-order valence-corrected chi connectivity index (χ1v) is 8.35. The van der Waals surface area contributed by atoms with Gasteiger partial charge < -0.3 is 10.4 Å². The Kier molecular flexibility index (Phi) is 5.59. The lowest BCUT2D eigenvalue weighted by Crippen LogP contribution is -2.33. The van der Waals surface area contributed by atoms with Crippen LogP contribution in [0.4, 0.5) is 4.39 Å². The van der Waals surface area contributed by atoms with E-state index in [1.165, 1.54) is 48.5 Å². The molecule has 1 aromatic heterocycles. The summed E-state index contributed by atoms with van der Waals surface area (Å²) in [5.41, 5.74) is 1.50. The molecule has 8 heteroatoms. The standard InChI is InChI=1S/C20H16FN3O4/c21-16-7-5-14(6-8-16)17-9-10-19(26)24(23-17)12-18(25)22-11-13-1-3-15(4-2-13)20(27)28/h1-10H,11-12H2,(H,22,25)(H,27,28). The summed E-state index contributed by atoms with van der Waals surface area (Å²) in [5.74, 6) is -1.83. The van der Waals surface area contributed by atoms with E-state index in [0.29, 0.717) is 11.3 Å². The van der Waals surface area contributed by atoms with Crippen molar-refractivity contribution < 1.29 is 19.1 Å². The molecule has 0 aliphatic carbocycles. The minimum absolute atomic E-state index is 0.156. The second kappa shape index (κ2) is 8.26. The summed E-state index contributed by atoms with van der Waals surface area (Å²) in [4.78, 5) is 35.0. The van der Waals surface area contributed by atoms with E-state index in [1.54, 1.807) is 12.1 Å². The molecule has 0 bridgehead atoms. The van der Waals surface area contributed by atoms with Crippen LogP contribution in [0.2, 0.25) is 0 Å². The van der Waals surface area contributed by atoms with Gasteiger partial charge in [0.1, 0.15) is 12.4 Å². The molecule has 1 amide bonds. The normalized spacial score (nSPS) is 10.5. The number of carboxylic acid groups (broad SMARTS) is 1. The Morgan fingerprint density at radius 2 is 1.68 bits per heavy atom. The van der Waals surface area contributed by atoms with E-state index in [0.717, 1.165) is 10.2 Å². The molecular formula is C20H16FN3O4. The predicted molar refractivity (Wildman–Crippen MR) is 99.1 cm³/mol. The van der Waals surface area contributed by atoms with Gasteiger partial charge in [0.05, 0.1) is 11.3 Å². The van der Waals surface area contributed by atoms with Crippen molar-refractivity contribution in [2.45, 2.75) is 13.1 Å². The third-order valence-electron chi connectivity index (χ3n) is 3.99. The topological polar surface area (TPSA) is 101 Å². The van der Waals surface area contributed by atoms with E-state index in [4.69, 9.17) is 5.11 Å². The molecule has 2 aromatic carbocycles. The molecule has 2 N–H and O–H groups in total. The molecule has 0 spiro atoms. The number of carboxylic acids is 1. The molecule has 0 aliphatic rings. The number of carbonyl (C=O) groups is 2. The highest BCUT2D eigenvalue weighted by molar-refractivity contribution is 5.87. The number of nitrogens with zero attached hydrogens (tertiary/aromatic N) is 2. The van der Waals surface area contributed by atoms with Crippen LogP contribution in [0.1, 0.15) is 15.9 Å². The molecule has 28 heavy (non-hydrogen) atoms. The monoisotopic (exact) mass is 381 g/mol. The number of carbonyl (C=O) groups excluding carboxylic acids is 1. The maximum absolute atomic E-state index is 13.0. The molecule has 3 rings (SSSR count). The summed E-state index contributed by atoms with van der Waals surface area (Å²) in [6, 6.07) is 14.5. The summed E-state index contributed by atoms with van der Waals surface area (Å²) in [7, 11) is 0. The maximum atomic E-state index is 13.0. The van der Waals surface area contributed by atoms with E-state index in [1.807, 2.05) is 0 Å². The van der Waals surface area contributed by atoms with Crippen molar-refractivity contribution in [1.29, 1.82) is 0 Å². The Labute approximate surface area is 159 Å². The molecule has 0 aliphatic heterocycles. The lowest BCUT2D eigenvalue weighted by Gasteiger charge is -2.09. The quantitative estimate of drug-likeness (QED) is 0.681. The van der Waals surface area contributed by atoms with Gasteiger partial charge in [0, 0.05) is 18.2 Å². The van der Waals surface area contributed by atoms with E-state index in [9.17, 15) is 18.8 Å². The number of benzene rings is 2. The zero-order valence-corrected chi connectivity index (χ0v) is 14.6. The molecule has 7 nitrogen and oxygen atoms in total. The number of amides is 1. The van der Waals surface area contributed by atoms with E-state index >= 15 is 0 Å². The first kappa shape index (κ1) is 19.0. The van der Waals surface area contributed by atoms with Gasteiger partial charge in [-0.3, -0.25) is 9.59 Å². The Bertz CT molecular complexity index is 1060. The van der Waals surface area contributed by atoms with E-state index in [2.05, 4.69) is 10.4 Å². The molecule has 0 atom stereocenters. The van der Waals surface area contributed by atoms with Crippen molar-refractivity contribution in [2.24, 2.45) is 0 Å². The Balaban J connectivity index is 1.66. The molecule has 0 unspecified atom stereocenters. The van der Waals surface area contributed by atoms with Crippen LogP contribution in [-0.4, -0.2) is 26.8 Å². The number of halogens is 1. The third kappa shape index (κ3) is 4.67. The molecule has 0 saturated heterocycles. The molecule has 0 saturated carbocycles. The summed E-state index contributed by atoms with van der Waals surface area (Å²) in [6.07, 6.45) is 0. The smallest absolute Gasteiger partial charge is 0.335 e. The predicted octanol–water partition coefficient (Wildman–Crippen LogP) is 2.06. The van der Waals surface area contributed by atoms with Crippen molar-refractivity contribution in [3.8, 4) is 11.3 Å². The first-order valence-electron chi connectivity index (χ1n) is 8.35. The second-order valence-corrected chi connectivity index (χ2v) is 6.00. The summed E-state index contributed by atoms with van der Waals surface area (Å²) >= 11 is 0. The van der Waals surface area contributed by atoms with Gasteiger partial charge in [0.15, 0.2) is 0 Å². The van der Waals surface area contributed by atoms with Crippen molar-refractivity contribution >= 4 is 11.9 Å². The Morgan fingerprint density at radius 1 is 1.00 bits per heavy atom. The summed E-state index contributed by atoms with van der Waals surface area (Å²) in [6.45, 7) is -0.0911. The van der Waals surface area contributed by atoms with Gasteiger partial charge >= 0.3 is 5.97 Å². The van der Waals surface area contributed by atoms with Crippen LogP contribution >= 0.6 is 0 Å². The van der Waals surface area contributed by atoms with Crippen LogP contribution in [-0.2, 0) is 17.9 Å². The highest BCUT2D eigenvalue weighted by Gasteiger charge is 2.09. The second-order valence-electron chi connectivity index (χ2n) is 6.00. The zero-order chi connectivity index (χ0) is 20.1. The Hall–Kier alpha value is -3.81. The average Bonchev–Trinajstić information content (AvgIpc) is 2.69.